The number of anilines is 1. The van der Waals surface area contributed by atoms with Crippen LogP contribution in [0.15, 0.2) is 48.5 Å². The average Bonchev–Trinajstić information content (AvgIpc) is 3.51. The van der Waals surface area contributed by atoms with Crippen LogP contribution in [0.5, 0.6) is 11.5 Å². The summed E-state index contributed by atoms with van der Waals surface area (Å²) in [6, 6.07) is 15.7. The van der Waals surface area contributed by atoms with Gasteiger partial charge in [-0.25, -0.2) is 0 Å². The number of benzene rings is 2. The van der Waals surface area contributed by atoms with Gasteiger partial charge in [0.2, 0.25) is 5.91 Å². The van der Waals surface area contributed by atoms with E-state index in [9.17, 15) is 4.79 Å². The van der Waals surface area contributed by atoms with Crippen molar-refractivity contribution in [3.63, 3.8) is 0 Å². The smallest absolute Gasteiger partial charge is 0.235 e. The minimum absolute atomic E-state index is 0.0782. The molecule has 0 radical (unpaired) electrons. The average molecular weight is 423 g/mol. The third-order valence-corrected chi connectivity index (χ3v) is 6.73. The topological polar surface area (TPSA) is 50.8 Å². The Morgan fingerprint density at radius 2 is 1.58 bits per heavy atom. The first-order chi connectivity index (χ1) is 15.2. The Hall–Kier alpha value is -2.53. The van der Waals surface area contributed by atoms with Gasteiger partial charge in [-0.05, 0) is 87.2 Å². The molecule has 1 aliphatic heterocycles. The molecule has 5 heteroatoms. The molecule has 4 rings (SSSR count). The van der Waals surface area contributed by atoms with Crippen molar-refractivity contribution in [1.29, 1.82) is 0 Å². The highest BCUT2D eigenvalue weighted by molar-refractivity contribution is 5.99. The predicted molar refractivity (Wildman–Crippen MR) is 124 cm³/mol. The lowest BCUT2D eigenvalue weighted by Gasteiger charge is -2.28. The number of amides is 1. The maximum absolute atomic E-state index is 13.3. The fraction of sp³-hybridized carbons (Fsp3) is 0.500. The first-order valence-corrected chi connectivity index (χ1v) is 11.6. The number of likely N-dealkylation sites (tertiary alicyclic amines) is 1. The molecule has 1 heterocycles. The second-order valence-corrected chi connectivity index (χ2v) is 8.75. The molecule has 0 spiro atoms. The van der Waals surface area contributed by atoms with E-state index in [4.69, 9.17) is 9.47 Å². The Labute approximate surface area is 185 Å². The zero-order valence-electron chi connectivity index (χ0n) is 18.6. The number of ether oxygens (including phenoxy) is 2. The van der Waals surface area contributed by atoms with E-state index in [2.05, 4.69) is 10.2 Å². The molecule has 5 nitrogen and oxygen atoms in total. The fourth-order valence-corrected chi connectivity index (χ4v) is 4.91. The molecule has 166 valence electrons. The summed E-state index contributed by atoms with van der Waals surface area (Å²) >= 11 is 0. The van der Waals surface area contributed by atoms with Crippen molar-refractivity contribution in [3.05, 3.63) is 54.1 Å². The summed E-state index contributed by atoms with van der Waals surface area (Å²) < 4.78 is 11.2. The Balaban J connectivity index is 1.33. The number of methoxy groups -OCH3 is 1. The molecule has 2 aliphatic rings. The lowest BCUT2D eigenvalue weighted by atomic mass is 9.78. The van der Waals surface area contributed by atoms with Crippen molar-refractivity contribution in [2.24, 2.45) is 0 Å². The zero-order chi connectivity index (χ0) is 21.5. The highest BCUT2D eigenvalue weighted by atomic mass is 16.5. The van der Waals surface area contributed by atoms with Crippen LogP contribution < -0.4 is 14.8 Å². The van der Waals surface area contributed by atoms with Gasteiger partial charge in [0, 0.05) is 12.2 Å². The summed E-state index contributed by atoms with van der Waals surface area (Å²) in [6.45, 7) is 4.29. The van der Waals surface area contributed by atoms with Gasteiger partial charge in [-0.2, -0.15) is 0 Å². The van der Waals surface area contributed by atoms with E-state index in [0.29, 0.717) is 0 Å². The van der Waals surface area contributed by atoms with Crippen LogP contribution in [0.4, 0.5) is 5.69 Å². The van der Waals surface area contributed by atoms with Crippen LogP contribution in [0.3, 0.4) is 0 Å². The van der Waals surface area contributed by atoms with Gasteiger partial charge in [-0.15, -0.1) is 0 Å². The van der Waals surface area contributed by atoms with Crippen molar-refractivity contribution >= 4 is 11.6 Å². The molecule has 0 atom stereocenters. The van der Waals surface area contributed by atoms with Crippen molar-refractivity contribution in [3.8, 4) is 11.5 Å². The second kappa shape index (κ2) is 10.2. The molecule has 31 heavy (non-hydrogen) atoms. The number of nitrogens with one attached hydrogen (secondary N) is 1. The van der Waals surface area contributed by atoms with Crippen LogP contribution in [-0.2, 0) is 10.2 Å². The van der Waals surface area contributed by atoms with Crippen molar-refractivity contribution in [1.82, 2.24) is 4.90 Å². The van der Waals surface area contributed by atoms with Gasteiger partial charge in [0.25, 0.3) is 0 Å². The third kappa shape index (κ3) is 5.21. The van der Waals surface area contributed by atoms with Gasteiger partial charge in [-0.3, -0.25) is 4.79 Å². The normalized spacial score (nSPS) is 18.1. The summed E-state index contributed by atoms with van der Waals surface area (Å²) in [6.07, 6.45) is 7.60. The number of hydrogen-bond acceptors (Lipinski definition) is 4. The minimum atomic E-state index is -0.461. The predicted octanol–water partition coefficient (Wildman–Crippen LogP) is 5.01. The van der Waals surface area contributed by atoms with Crippen LogP contribution in [-0.4, -0.2) is 44.2 Å². The summed E-state index contributed by atoms with van der Waals surface area (Å²) in [5.41, 5.74) is 1.42. The number of rotatable bonds is 9. The van der Waals surface area contributed by atoms with Gasteiger partial charge in [0.1, 0.15) is 11.5 Å². The second-order valence-electron chi connectivity index (χ2n) is 8.75. The molecular formula is C26H34N2O3. The molecule has 0 bridgehead atoms. The number of carbonyl (C=O) groups is 1. The van der Waals surface area contributed by atoms with E-state index in [1.54, 1.807) is 7.11 Å². The third-order valence-electron chi connectivity index (χ3n) is 6.73. The molecule has 0 aromatic heterocycles. The van der Waals surface area contributed by atoms with E-state index in [1.165, 1.54) is 25.9 Å². The Morgan fingerprint density at radius 3 is 2.23 bits per heavy atom. The van der Waals surface area contributed by atoms with Gasteiger partial charge < -0.3 is 19.7 Å². The van der Waals surface area contributed by atoms with Crippen molar-refractivity contribution in [2.45, 2.75) is 50.4 Å². The van der Waals surface area contributed by atoms with Crippen LogP contribution in [0, 0.1) is 0 Å². The van der Waals surface area contributed by atoms with Gasteiger partial charge >= 0.3 is 0 Å². The Morgan fingerprint density at radius 1 is 0.935 bits per heavy atom. The molecule has 1 N–H and O–H groups in total. The zero-order valence-corrected chi connectivity index (χ0v) is 18.6. The lowest BCUT2D eigenvalue weighted by molar-refractivity contribution is -0.121. The minimum Gasteiger partial charge on any atom is -0.497 e. The van der Waals surface area contributed by atoms with E-state index in [-0.39, 0.29) is 5.91 Å². The van der Waals surface area contributed by atoms with E-state index in [0.717, 1.165) is 68.0 Å². The molecule has 0 unspecified atom stereocenters. The van der Waals surface area contributed by atoms with E-state index >= 15 is 0 Å². The van der Waals surface area contributed by atoms with Crippen molar-refractivity contribution < 1.29 is 14.3 Å². The fourth-order valence-electron chi connectivity index (χ4n) is 4.91. The molecule has 2 fully saturated rings. The SMILES string of the molecule is COc1ccc(C2(C(=O)Nc3ccc(OCCCN4CCCC4)cc3)CCCC2)cc1. The molecule has 1 aliphatic carbocycles. The lowest BCUT2D eigenvalue weighted by Crippen LogP contribution is -2.37. The number of hydrogen-bond donors (Lipinski definition) is 1. The summed E-state index contributed by atoms with van der Waals surface area (Å²) in [7, 11) is 1.66. The standard InChI is InChI=1S/C26H34N2O3/c1-30-23-11-7-21(8-12-23)26(15-2-3-16-26)25(29)27-22-9-13-24(14-10-22)31-20-6-19-28-17-4-5-18-28/h7-14H,2-6,15-20H2,1H3,(H,27,29). The molecule has 1 saturated carbocycles. The van der Waals surface area contributed by atoms with Gasteiger partial charge in [0.15, 0.2) is 0 Å². The molecule has 1 saturated heterocycles. The monoisotopic (exact) mass is 422 g/mol. The highest BCUT2D eigenvalue weighted by Crippen LogP contribution is 2.42. The Kier molecular flexibility index (Phi) is 7.13. The summed E-state index contributed by atoms with van der Waals surface area (Å²) in [5, 5.41) is 3.15. The Bertz CT molecular complexity index is 836. The quantitative estimate of drug-likeness (QED) is 0.577. The molecule has 1 amide bonds. The molecular weight excluding hydrogens is 388 g/mol. The van der Waals surface area contributed by atoms with Gasteiger partial charge in [0.05, 0.1) is 19.1 Å². The number of carbonyl (C=O) groups excluding carboxylic acids is 1. The maximum Gasteiger partial charge on any atom is 0.235 e. The van der Waals surface area contributed by atoms with Crippen LogP contribution in [0.1, 0.15) is 50.5 Å². The van der Waals surface area contributed by atoms with Crippen molar-refractivity contribution in [2.75, 3.05) is 38.7 Å². The van der Waals surface area contributed by atoms with Crippen LogP contribution >= 0.6 is 0 Å². The first-order valence-electron chi connectivity index (χ1n) is 11.6. The maximum atomic E-state index is 13.3. The van der Waals surface area contributed by atoms with Crippen LogP contribution in [0.25, 0.3) is 0 Å². The largest absolute Gasteiger partial charge is 0.497 e. The molecule has 2 aromatic carbocycles. The molecule has 2 aromatic rings. The summed E-state index contributed by atoms with van der Waals surface area (Å²) in [4.78, 5) is 15.8. The van der Waals surface area contributed by atoms with E-state index in [1.807, 2.05) is 48.5 Å². The first kappa shape index (κ1) is 21.7. The van der Waals surface area contributed by atoms with Crippen LogP contribution in [0.2, 0.25) is 0 Å². The number of nitrogens with zero attached hydrogens (tertiary/aromatic N) is 1. The van der Waals surface area contributed by atoms with E-state index < -0.39 is 5.41 Å². The highest BCUT2D eigenvalue weighted by Gasteiger charge is 2.42. The van der Waals surface area contributed by atoms with Gasteiger partial charge in [-0.1, -0.05) is 25.0 Å². The summed E-state index contributed by atoms with van der Waals surface area (Å²) in [5.74, 6) is 1.74.